The van der Waals surface area contributed by atoms with Gasteiger partial charge >= 0.3 is 12.1 Å². The van der Waals surface area contributed by atoms with E-state index in [1.807, 2.05) is 6.92 Å². The number of hydrogen-bond donors (Lipinski definition) is 4. The van der Waals surface area contributed by atoms with E-state index >= 15 is 0 Å². The van der Waals surface area contributed by atoms with E-state index in [-0.39, 0.29) is 28.9 Å². The number of anilines is 2. The van der Waals surface area contributed by atoms with Crippen molar-refractivity contribution >= 4 is 41.0 Å². The molecule has 4 amide bonds. The second kappa shape index (κ2) is 11.8. The number of carbonyl (C=O) groups excluding carboxylic acids is 3. The van der Waals surface area contributed by atoms with Crippen LogP contribution in [0.4, 0.5) is 25.4 Å². The maximum Gasteiger partial charge on any atom is 0.411 e. The molecule has 0 spiro atoms. The molecule has 3 atom stereocenters. The number of nitrogens with one attached hydrogen (secondary N) is 4. The van der Waals surface area contributed by atoms with Gasteiger partial charge in [-0.1, -0.05) is 31.0 Å². The molecule has 2 aliphatic heterocycles. The molecule has 1 unspecified atom stereocenters. The fraction of sp³-hybridized carbons (Fsp3) is 0.379. The number of urea groups is 1. The third-order valence-electron chi connectivity index (χ3n) is 7.77. The molecular formula is C29H32ClFN6O4. The average molecular weight is 583 g/mol. The zero-order valence-electron chi connectivity index (χ0n) is 23.0. The molecule has 10 nitrogen and oxygen atoms in total. The predicted octanol–water partition coefficient (Wildman–Crippen LogP) is 6.31. The Morgan fingerprint density at radius 1 is 1.20 bits per heavy atom. The third-order valence-corrected chi connectivity index (χ3v) is 8.06. The molecule has 12 heteroatoms. The Morgan fingerprint density at radius 3 is 2.76 bits per heavy atom. The summed E-state index contributed by atoms with van der Waals surface area (Å²) in [7, 11) is 1.27. The smallest absolute Gasteiger partial charge is 0.411 e. The molecule has 2 bridgehead atoms. The largest absolute Gasteiger partial charge is 0.453 e. The number of halogens is 2. The fourth-order valence-corrected chi connectivity index (χ4v) is 5.66. The Labute approximate surface area is 242 Å². The molecule has 216 valence electrons. The molecule has 0 saturated carbocycles. The lowest BCUT2D eigenvalue weighted by molar-refractivity contribution is -0.119. The molecule has 1 aromatic heterocycles. The normalized spacial score (nSPS) is 21.1. The van der Waals surface area contributed by atoms with Crippen molar-refractivity contribution in [2.45, 2.75) is 51.6 Å². The van der Waals surface area contributed by atoms with Crippen LogP contribution in [0.15, 0.2) is 36.5 Å². The summed E-state index contributed by atoms with van der Waals surface area (Å²) < 4.78 is 19.6. The minimum atomic E-state index is -0.625. The van der Waals surface area contributed by atoms with E-state index in [1.54, 1.807) is 42.3 Å². The van der Waals surface area contributed by atoms with E-state index in [2.05, 4.69) is 30.7 Å². The Hall–Kier alpha value is -4.12. The molecule has 41 heavy (non-hydrogen) atoms. The molecule has 2 aromatic carbocycles. The van der Waals surface area contributed by atoms with Gasteiger partial charge in [-0.25, -0.2) is 19.0 Å². The van der Waals surface area contributed by atoms with Gasteiger partial charge in [0, 0.05) is 29.3 Å². The molecule has 4 N–H and O–H groups in total. The summed E-state index contributed by atoms with van der Waals surface area (Å²) in [5, 5.41) is 8.59. The summed E-state index contributed by atoms with van der Waals surface area (Å²) in [6, 6.07) is 7.19. The number of H-pyrrole nitrogens is 1. The molecule has 2 aliphatic rings. The summed E-state index contributed by atoms with van der Waals surface area (Å²) in [6.45, 7) is 4.04. The molecule has 1 fully saturated rings. The Bertz CT molecular complexity index is 1490. The maximum absolute atomic E-state index is 14.9. The fourth-order valence-electron chi connectivity index (χ4n) is 5.49. The number of nitrogens with zero attached hydrogens (tertiary/aromatic N) is 2. The maximum atomic E-state index is 14.9. The number of aromatic amines is 1. The monoisotopic (exact) mass is 582 g/mol. The lowest BCUT2D eigenvalue weighted by atomic mass is 9.95. The van der Waals surface area contributed by atoms with Crippen LogP contribution in [0.25, 0.3) is 11.3 Å². The van der Waals surface area contributed by atoms with Gasteiger partial charge in [-0.15, -0.1) is 0 Å². The lowest BCUT2D eigenvalue weighted by Crippen LogP contribution is -2.50. The van der Waals surface area contributed by atoms with Crippen molar-refractivity contribution in [1.82, 2.24) is 20.2 Å². The van der Waals surface area contributed by atoms with E-state index in [9.17, 15) is 18.8 Å². The van der Waals surface area contributed by atoms with Crippen LogP contribution >= 0.6 is 11.6 Å². The first-order valence-corrected chi connectivity index (χ1v) is 13.9. The van der Waals surface area contributed by atoms with Gasteiger partial charge in [0.2, 0.25) is 5.91 Å². The van der Waals surface area contributed by atoms with Crippen LogP contribution in [-0.4, -0.2) is 46.6 Å². The summed E-state index contributed by atoms with van der Waals surface area (Å²) >= 11 is 6.04. The number of aryl methyl sites for hydroxylation is 1. The summed E-state index contributed by atoms with van der Waals surface area (Å²) in [4.78, 5) is 48.0. The number of hydrogen-bond acceptors (Lipinski definition) is 5. The van der Waals surface area contributed by atoms with Gasteiger partial charge in [-0.2, -0.15) is 0 Å². The van der Waals surface area contributed by atoms with Crippen molar-refractivity contribution < 1.29 is 23.5 Å². The van der Waals surface area contributed by atoms with E-state index in [0.717, 1.165) is 5.56 Å². The van der Waals surface area contributed by atoms with Crippen molar-refractivity contribution in [2.75, 3.05) is 24.3 Å². The molecule has 3 heterocycles. The molecule has 0 radical (unpaired) electrons. The summed E-state index contributed by atoms with van der Waals surface area (Å²) in [5.41, 5.74) is 3.41. The molecule has 1 saturated heterocycles. The molecular weight excluding hydrogens is 551 g/mol. The number of fused-ring (bicyclic) bond motifs is 4. The number of carbonyl (C=O) groups is 3. The number of imidazole rings is 1. The first-order valence-electron chi connectivity index (χ1n) is 13.5. The van der Waals surface area contributed by atoms with Crippen molar-refractivity contribution in [2.24, 2.45) is 5.92 Å². The summed E-state index contributed by atoms with van der Waals surface area (Å²) in [5.74, 6) is -0.352. The third kappa shape index (κ3) is 5.85. The highest BCUT2D eigenvalue weighted by Crippen LogP contribution is 2.37. The van der Waals surface area contributed by atoms with E-state index in [4.69, 9.17) is 11.6 Å². The van der Waals surface area contributed by atoms with Crippen molar-refractivity contribution in [3.63, 3.8) is 0 Å². The standard InChI is InChI=1S/C29H32ClFN6O4/c1-15-7-10-19(30)25(31)24(15)20-11-12-37(28(39)36-20)23-6-4-5-16(2)27(38)35-21-13-17(33-29(40)41-3)8-9-18(21)22-14-32-26(23)34-22/h7-10,13-14,16,20,23H,4-6,11-12H2,1-3H3,(H,32,34)(H,33,40)(H,35,38)(H,36,39)/t16-,20?,23+/m1/s1. The predicted molar refractivity (Wildman–Crippen MR) is 153 cm³/mol. The van der Waals surface area contributed by atoms with Crippen LogP contribution in [0.2, 0.25) is 5.02 Å². The second-order valence-corrected chi connectivity index (χ2v) is 10.9. The topological polar surface area (TPSA) is 128 Å². The summed E-state index contributed by atoms with van der Waals surface area (Å²) in [6.07, 6.45) is 3.38. The first-order chi connectivity index (χ1) is 19.7. The highest BCUT2D eigenvalue weighted by molar-refractivity contribution is 6.30. The molecule has 0 aliphatic carbocycles. The zero-order chi connectivity index (χ0) is 29.3. The zero-order valence-corrected chi connectivity index (χ0v) is 23.8. The Balaban J connectivity index is 1.45. The van der Waals surface area contributed by atoms with Gasteiger partial charge in [0.25, 0.3) is 0 Å². The van der Waals surface area contributed by atoms with Crippen LogP contribution < -0.4 is 16.0 Å². The van der Waals surface area contributed by atoms with Gasteiger partial charge in [0.1, 0.15) is 11.6 Å². The number of rotatable bonds is 3. The average Bonchev–Trinajstić information content (AvgIpc) is 3.43. The number of ether oxygens (including phenoxy) is 1. The van der Waals surface area contributed by atoms with E-state index in [0.29, 0.717) is 66.2 Å². The molecule has 5 rings (SSSR count). The lowest BCUT2D eigenvalue weighted by Gasteiger charge is -2.38. The SMILES string of the molecule is COC(=O)Nc1ccc2c(c1)NC(=O)[C@H](C)CCC[C@H](N1CCC(c3c(C)ccc(Cl)c3F)NC1=O)c1ncc-2[nH]1. The van der Waals surface area contributed by atoms with Crippen LogP contribution in [0, 0.1) is 18.7 Å². The second-order valence-electron chi connectivity index (χ2n) is 10.5. The van der Waals surface area contributed by atoms with Gasteiger partial charge in [-0.3, -0.25) is 10.1 Å². The quantitative estimate of drug-likeness (QED) is 0.287. The Morgan fingerprint density at radius 2 is 2.00 bits per heavy atom. The van der Waals surface area contributed by atoms with Crippen LogP contribution in [-0.2, 0) is 9.53 Å². The molecule has 3 aromatic rings. The highest BCUT2D eigenvalue weighted by atomic mass is 35.5. The first kappa shape index (κ1) is 28.4. The van der Waals surface area contributed by atoms with Crippen LogP contribution in [0.1, 0.15) is 61.6 Å². The number of benzene rings is 2. The minimum absolute atomic E-state index is 0.0244. The van der Waals surface area contributed by atoms with Gasteiger partial charge in [0.15, 0.2) is 0 Å². The van der Waals surface area contributed by atoms with E-state index < -0.39 is 18.0 Å². The number of amides is 4. The van der Waals surface area contributed by atoms with Gasteiger partial charge in [0.05, 0.1) is 41.8 Å². The van der Waals surface area contributed by atoms with Crippen molar-refractivity contribution in [1.29, 1.82) is 0 Å². The Kier molecular flexibility index (Phi) is 8.16. The van der Waals surface area contributed by atoms with Crippen LogP contribution in [0.5, 0.6) is 0 Å². The van der Waals surface area contributed by atoms with Crippen molar-refractivity contribution in [3.05, 3.63) is 64.3 Å². The van der Waals surface area contributed by atoms with E-state index in [1.165, 1.54) is 13.2 Å². The van der Waals surface area contributed by atoms with Crippen molar-refractivity contribution in [3.8, 4) is 11.3 Å². The van der Waals surface area contributed by atoms with Crippen LogP contribution in [0.3, 0.4) is 0 Å². The number of methoxy groups -OCH3 is 1. The minimum Gasteiger partial charge on any atom is -0.453 e. The van der Waals surface area contributed by atoms with Gasteiger partial charge in [-0.05, 0) is 56.0 Å². The van der Waals surface area contributed by atoms with Gasteiger partial charge < -0.3 is 25.3 Å². The number of aromatic nitrogens is 2. The highest BCUT2D eigenvalue weighted by Gasteiger charge is 2.35.